The molecule has 0 atom stereocenters. The molecule has 14 heteroatoms. The van der Waals surface area contributed by atoms with E-state index in [2.05, 4.69) is 282 Å². The summed E-state index contributed by atoms with van der Waals surface area (Å²) >= 11 is 0. The van der Waals surface area contributed by atoms with Crippen molar-refractivity contribution in [2.45, 2.75) is 39.3 Å². The van der Waals surface area contributed by atoms with Crippen molar-refractivity contribution >= 4 is 56.0 Å². The Morgan fingerprint density at radius 3 is 0.408 bits per heavy atom. The third-order valence-electron chi connectivity index (χ3n) is 17.1. The zero-order chi connectivity index (χ0) is 64.0. The summed E-state index contributed by atoms with van der Waals surface area (Å²) in [6, 6.07) is 123. The fourth-order valence-corrected chi connectivity index (χ4v) is 12.9. The van der Waals surface area contributed by atoms with Gasteiger partial charge in [-0.15, -0.1) is 0 Å². The maximum Gasteiger partial charge on any atom is 3.00 e. The van der Waals surface area contributed by atoms with Crippen LogP contribution in [0.5, 0.6) is 0 Å². The van der Waals surface area contributed by atoms with Crippen LogP contribution in [-0.2, 0) is 84.4 Å². The van der Waals surface area contributed by atoms with E-state index in [0.717, 1.165) is 73.4 Å². The van der Waals surface area contributed by atoms with Gasteiger partial charge in [0.05, 0.1) is 34.2 Å². The van der Waals surface area contributed by atoms with Gasteiger partial charge in [0, 0.05) is 76.4 Å². The predicted octanol–water partition coefficient (Wildman–Crippen LogP) is 12.0. The minimum atomic E-state index is -1.22. The number of pyridine rings is 6. The molecule has 0 aliphatic heterocycles. The molecule has 0 aliphatic carbocycles. The van der Waals surface area contributed by atoms with Crippen molar-refractivity contribution in [2.24, 2.45) is 0 Å². The predicted molar refractivity (Wildman–Crippen MR) is 393 cm³/mol. The molecule has 0 unspecified atom stereocenters. The Balaban J connectivity index is 0.000000182. The molecular weight excluding hydrogens is 1280 g/mol. The van der Waals surface area contributed by atoms with Gasteiger partial charge in [0.25, 0.3) is 0 Å². The molecule has 0 aliphatic rings. The van der Waals surface area contributed by atoms with E-state index in [1.54, 1.807) is 0 Å². The van der Waals surface area contributed by atoms with Crippen LogP contribution in [0.3, 0.4) is 0 Å². The van der Waals surface area contributed by atoms with Crippen LogP contribution in [0.25, 0.3) is 0 Å². The van der Waals surface area contributed by atoms with Crippen LogP contribution < -0.4 is 43.7 Å². The van der Waals surface area contributed by atoms with Crippen LogP contribution in [0.4, 0.5) is 0 Å². The first-order valence-electron chi connectivity index (χ1n) is 32.2. The number of benzene rings is 8. The molecule has 98 heavy (non-hydrogen) atoms. The number of hydrogen-bond acceptors (Lipinski definition) is 8. The van der Waals surface area contributed by atoms with Crippen molar-refractivity contribution in [3.8, 4) is 0 Å². The van der Waals surface area contributed by atoms with E-state index in [1.165, 1.54) is 43.7 Å². The van der Waals surface area contributed by atoms with Gasteiger partial charge in [-0.2, -0.15) is 43.7 Å². The maximum absolute atomic E-state index is 4.42. The van der Waals surface area contributed by atoms with Crippen molar-refractivity contribution in [3.05, 3.63) is 423 Å². The minimum absolute atomic E-state index is 0. The Kier molecular flexibility index (Phi) is 30.8. The second-order valence-electron chi connectivity index (χ2n) is 23.2. The Bertz CT molecular complexity index is 3540. The SMILES string of the molecule is [Mn+3].[Mn+3].[O-2].[O-2].c1ccc(CN(Cc2ccccn2)Cc2ccccn2)nc1.c1ccc(CN(Cc2ccccn2)Cc2ccccn2)nc1.c1ccc([B-](c2ccccc2)(c2ccccc2)c2ccccc2)cc1.c1ccc([B-](c2ccccc2)(c2ccccc2)c2ccccc2)cc1. The largest absolute Gasteiger partial charge is 3.00 e. The van der Waals surface area contributed by atoms with E-state index >= 15 is 0 Å². The molecule has 8 aromatic carbocycles. The van der Waals surface area contributed by atoms with Gasteiger partial charge in [0.1, 0.15) is 12.3 Å². The van der Waals surface area contributed by atoms with Crippen molar-refractivity contribution in [1.82, 2.24) is 39.7 Å². The zero-order valence-electron chi connectivity index (χ0n) is 54.5. The van der Waals surface area contributed by atoms with Gasteiger partial charge in [-0.25, -0.2) is 0 Å². The van der Waals surface area contributed by atoms with Gasteiger partial charge >= 0.3 is 34.1 Å². The van der Waals surface area contributed by atoms with Crippen LogP contribution in [0.1, 0.15) is 34.2 Å². The maximum atomic E-state index is 4.42. The summed E-state index contributed by atoms with van der Waals surface area (Å²) in [7, 11) is 0. The van der Waals surface area contributed by atoms with Crippen LogP contribution in [0, 0.1) is 0 Å². The summed E-state index contributed by atoms with van der Waals surface area (Å²) in [5, 5.41) is 0. The smallest absolute Gasteiger partial charge is 2.00 e. The topological polar surface area (TPSA) is 141 Å². The first-order valence-corrected chi connectivity index (χ1v) is 32.2. The molecule has 10 nitrogen and oxygen atoms in total. The van der Waals surface area contributed by atoms with E-state index in [4.69, 9.17) is 0 Å². The van der Waals surface area contributed by atoms with Gasteiger partial charge in [-0.05, 0) is 72.8 Å². The molecule has 14 aromatic rings. The standard InChI is InChI=1S/2C24H20B.2C18H18N4.2Mn.2O/c2*1-5-13-21(14-6-1)25(22-15-7-2-8-16-22,23-17-9-3-10-18-23)24-19-11-4-12-20-24;2*1-4-10-19-16(7-1)13-22(14-17-8-2-5-11-20-17)15-18-9-3-6-12-21-18;;;;/h2*1-20H;2*1-12H,13-15H2;;;;/q2*-1;;;2*+3;2*-2. The van der Waals surface area contributed by atoms with Gasteiger partial charge in [-0.1, -0.05) is 279 Å². The molecule has 6 aromatic heterocycles. The number of nitrogens with zero attached hydrogens (tertiary/aromatic N) is 8. The zero-order valence-corrected chi connectivity index (χ0v) is 56.9. The van der Waals surface area contributed by atoms with Crippen LogP contribution in [0.2, 0.25) is 0 Å². The van der Waals surface area contributed by atoms with E-state index < -0.39 is 12.3 Å². The summed E-state index contributed by atoms with van der Waals surface area (Å²) in [6.45, 7) is 4.63. The van der Waals surface area contributed by atoms with E-state index in [1.807, 2.05) is 146 Å². The minimum Gasteiger partial charge on any atom is -2.00 e. The molecule has 484 valence electrons. The van der Waals surface area contributed by atoms with Crippen molar-refractivity contribution in [3.63, 3.8) is 0 Å². The average Bonchev–Trinajstić information content (AvgIpc) is 0.747. The van der Waals surface area contributed by atoms with Crippen LogP contribution in [0.15, 0.2) is 389 Å². The molecule has 0 saturated heterocycles. The summed E-state index contributed by atoms with van der Waals surface area (Å²) in [6.07, 6.45) is 8.54. The third-order valence-corrected chi connectivity index (χ3v) is 17.1. The molecule has 0 saturated carbocycles. The molecule has 0 spiro atoms. The van der Waals surface area contributed by atoms with E-state index in [-0.39, 0.29) is 45.1 Å². The molecular formula is C84H76B2Mn2N8O2. The first kappa shape index (κ1) is 75.1. The van der Waals surface area contributed by atoms with Crippen LogP contribution in [-0.4, -0.2) is 52.0 Å². The van der Waals surface area contributed by atoms with Crippen molar-refractivity contribution < 1.29 is 45.1 Å². The Labute approximate surface area is 599 Å². The van der Waals surface area contributed by atoms with E-state index in [0.29, 0.717) is 0 Å². The van der Waals surface area contributed by atoms with Crippen molar-refractivity contribution in [1.29, 1.82) is 0 Å². The Hall–Kier alpha value is -10.3. The van der Waals surface area contributed by atoms with Gasteiger partial charge < -0.3 is 11.0 Å². The molecule has 6 heterocycles. The van der Waals surface area contributed by atoms with E-state index in [9.17, 15) is 0 Å². The number of rotatable bonds is 20. The summed E-state index contributed by atoms with van der Waals surface area (Å²) < 4.78 is 0. The van der Waals surface area contributed by atoms with Crippen molar-refractivity contribution in [2.75, 3.05) is 0 Å². The van der Waals surface area contributed by atoms with Crippen LogP contribution >= 0.6 is 0 Å². The normalized spacial score (nSPS) is 10.6. The molecule has 0 N–H and O–H groups in total. The fourth-order valence-electron chi connectivity index (χ4n) is 12.9. The molecule has 14 rings (SSSR count). The fraction of sp³-hybridized carbons (Fsp3) is 0.0714. The second kappa shape index (κ2) is 40.3. The molecule has 0 radical (unpaired) electrons. The average molecular weight is 1360 g/mol. The number of hydrogen-bond donors (Lipinski definition) is 0. The second-order valence-corrected chi connectivity index (χ2v) is 23.2. The summed E-state index contributed by atoms with van der Waals surface area (Å²) in [5.74, 6) is 0. The van der Waals surface area contributed by atoms with Gasteiger partial charge in [0.2, 0.25) is 0 Å². The molecule has 0 amide bonds. The first-order chi connectivity index (χ1) is 46.6. The molecule has 0 bridgehead atoms. The van der Waals surface area contributed by atoms with Gasteiger partial charge in [-0.3, -0.25) is 39.7 Å². The quantitative estimate of drug-likeness (QED) is 0.0687. The van der Waals surface area contributed by atoms with Gasteiger partial charge in [0.15, 0.2) is 0 Å². The molecule has 0 fully saturated rings. The number of aromatic nitrogens is 6. The Morgan fingerprint density at radius 1 is 0.173 bits per heavy atom. The summed E-state index contributed by atoms with van der Waals surface area (Å²) in [4.78, 5) is 31.1. The third kappa shape index (κ3) is 20.4. The summed E-state index contributed by atoms with van der Waals surface area (Å²) in [5.41, 5.74) is 17.0. The monoisotopic (exact) mass is 1360 g/mol. The Morgan fingerprint density at radius 2 is 0.296 bits per heavy atom.